The molecule has 4 heteroatoms. The maximum atomic E-state index is 5.72. The lowest BCUT2D eigenvalue weighted by atomic mass is 9.99. The van der Waals surface area contributed by atoms with Crippen LogP contribution in [-0.4, -0.2) is 51.1 Å². The molecule has 2 aliphatic rings. The molecule has 0 aromatic carbocycles. The van der Waals surface area contributed by atoms with Gasteiger partial charge in [-0.2, -0.15) is 0 Å². The van der Waals surface area contributed by atoms with Crippen LogP contribution in [0.2, 0.25) is 0 Å². The van der Waals surface area contributed by atoms with Crippen molar-refractivity contribution < 1.29 is 9.47 Å². The first-order valence-electron chi connectivity index (χ1n) is 7.45. The summed E-state index contributed by atoms with van der Waals surface area (Å²) in [7, 11) is 0. The van der Waals surface area contributed by atoms with Crippen molar-refractivity contribution in [1.29, 1.82) is 0 Å². The predicted octanol–water partition coefficient (Wildman–Crippen LogP) is 1.16. The molecule has 0 aromatic heterocycles. The Morgan fingerprint density at radius 3 is 3.00 bits per heavy atom. The summed E-state index contributed by atoms with van der Waals surface area (Å²) in [4.78, 5) is 0. The maximum Gasteiger partial charge on any atom is 0.0620 e. The van der Waals surface area contributed by atoms with Crippen molar-refractivity contribution in [2.24, 2.45) is 5.92 Å². The SMILES string of the molecule is CCC1OCCC1CNC(C)CC1COCCN1. The minimum Gasteiger partial charge on any atom is -0.379 e. The lowest BCUT2D eigenvalue weighted by Crippen LogP contribution is -2.45. The average molecular weight is 256 g/mol. The second-order valence-corrected chi connectivity index (χ2v) is 5.64. The Labute approximate surface area is 111 Å². The zero-order valence-corrected chi connectivity index (χ0v) is 11.8. The van der Waals surface area contributed by atoms with Crippen molar-refractivity contribution in [3.63, 3.8) is 0 Å². The highest BCUT2D eigenvalue weighted by Crippen LogP contribution is 2.22. The molecule has 2 heterocycles. The van der Waals surface area contributed by atoms with Crippen LogP contribution >= 0.6 is 0 Å². The van der Waals surface area contributed by atoms with Gasteiger partial charge < -0.3 is 20.1 Å². The van der Waals surface area contributed by atoms with E-state index < -0.39 is 0 Å². The zero-order chi connectivity index (χ0) is 12.8. The van der Waals surface area contributed by atoms with E-state index in [0.29, 0.717) is 24.1 Å². The smallest absolute Gasteiger partial charge is 0.0620 e. The van der Waals surface area contributed by atoms with Crippen LogP contribution in [-0.2, 0) is 9.47 Å². The summed E-state index contributed by atoms with van der Waals surface area (Å²) in [5.41, 5.74) is 0. The van der Waals surface area contributed by atoms with E-state index >= 15 is 0 Å². The molecule has 2 aliphatic heterocycles. The second kappa shape index (κ2) is 7.43. The van der Waals surface area contributed by atoms with Crippen LogP contribution in [0.4, 0.5) is 0 Å². The van der Waals surface area contributed by atoms with Gasteiger partial charge in [-0.05, 0) is 32.1 Å². The van der Waals surface area contributed by atoms with Gasteiger partial charge in [-0.15, -0.1) is 0 Å². The van der Waals surface area contributed by atoms with Gasteiger partial charge in [0.05, 0.1) is 19.3 Å². The highest BCUT2D eigenvalue weighted by atomic mass is 16.5. The summed E-state index contributed by atoms with van der Waals surface area (Å²) < 4.78 is 11.2. The standard InChI is InChI=1S/C14H28N2O2/c1-3-14-12(4-6-18-14)9-16-11(2)8-13-10-17-7-5-15-13/h11-16H,3-10H2,1-2H3. The van der Waals surface area contributed by atoms with E-state index in [2.05, 4.69) is 24.5 Å². The van der Waals surface area contributed by atoms with Crippen LogP contribution in [0.3, 0.4) is 0 Å². The number of ether oxygens (including phenoxy) is 2. The molecule has 0 spiro atoms. The molecule has 4 nitrogen and oxygen atoms in total. The highest BCUT2D eigenvalue weighted by molar-refractivity contribution is 4.80. The number of rotatable bonds is 6. The van der Waals surface area contributed by atoms with E-state index in [1.165, 1.54) is 6.42 Å². The molecule has 0 bridgehead atoms. The van der Waals surface area contributed by atoms with Crippen LogP contribution in [0.1, 0.15) is 33.1 Å². The van der Waals surface area contributed by atoms with Gasteiger partial charge in [0.2, 0.25) is 0 Å². The van der Waals surface area contributed by atoms with E-state index in [4.69, 9.17) is 9.47 Å². The van der Waals surface area contributed by atoms with E-state index in [1.54, 1.807) is 0 Å². The van der Waals surface area contributed by atoms with Gasteiger partial charge >= 0.3 is 0 Å². The first-order valence-corrected chi connectivity index (χ1v) is 7.45. The first-order chi connectivity index (χ1) is 8.79. The van der Waals surface area contributed by atoms with Crippen LogP contribution < -0.4 is 10.6 Å². The van der Waals surface area contributed by atoms with Crippen LogP contribution in [0.25, 0.3) is 0 Å². The Hall–Kier alpha value is -0.160. The third-order valence-electron chi connectivity index (χ3n) is 4.11. The Balaban J connectivity index is 1.63. The first kappa shape index (κ1) is 14.3. The monoisotopic (exact) mass is 256 g/mol. The molecule has 4 atom stereocenters. The fraction of sp³-hybridized carbons (Fsp3) is 1.00. The topological polar surface area (TPSA) is 42.5 Å². The Bertz CT molecular complexity index is 232. The molecule has 2 rings (SSSR count). The van der Waals surface area contributed by atoms with E-state index in [9.17, 15) is 0 Å². The molecule has 2 saturated heterocycles. The van der Waals surface area contributed by atoms with Crippen LogP contribution in [0.15, 0.2) is 0 Å². The summed E-state index contributed by atoms with van der Waals surface area (Å²) >= 11 is 0. The summed E-state index contributed by atoms with van der Waals surface area (Å²) in [5, 5.41) is 7.17. The van der Waals surface area contributed by atoms with Gasteiger partial charge in [0, 0.05) is 31.8 Å². The van der Waals surface area contributed by atoms with Crippen molar-refractivity contribution in [2.75, 3.05) is 32.9 Å². The molecule has 0 aliphatic carbocycles. The van der Waals surface area contributed by atoms with Crippen LogP contribution in [0, 0.1) is 5.92 Å². The molecule has 0 amide bonds. The molecule has 4 unspecified atom stereocenters. The molecule has 18 heavy (non-hydrogen) atoms. The molecule has 2 N–H and O–H groups in total. The third kappa shape index (κ3) is 4.19. The van der Waals surface area contributed by atoms with Gasteiger partial charge in [0.25, 0.3) is 0 Å². The highest BCUT2D eigenvalue weighted by Gasteiger charge is 2.27. The lowest BCUT2D eigenvalue weighted by Gasteiger charge is -2.27. The van der Waals surface area contributed by atoms with E-state index in [0.717, 1.165) is 45.8 Å². The van der Waals surface area contributed by atoms with Gasteiger partial charge in [0.1, 0.15) is 0 Å². The molecular weight excluding hydrogens is 228 g/mol. The normalized spacial score (nSPS) is 34.7. The molecule has 2 fully saturated rings. The summed E-state index contributed by atoms with van der Waals surface area (Å²) in [6.07, 6.45) is 3.97. The Morgan fingerprint density at radius 1 is 1.39 bits per heavy atom. The zero-order valence-electron chi connectivity index (χ0n) is 11.8. The fourth-order valence-electron chi connectivity index (χ4n) is 3.01. The number of nitrogens with one attached hydrogen (secondary N) is 2. The fourth-order valence-corrected chi connectivity index (χ4v) is 3.01. The minimum atomic E-state index is 0.473. The second-order valence-electron chi connectivity index (χ2n) is 5.64. The minimum absolute atomic E-state index is 0.473. The average Bonchev–Trinajstić information content (AvgIpc) is 2.85. The maximum absolute atomic E-state index is 5.72. The van der Waals surface area contributed by atoms with Crippen molar-refractivity contribution >= 4 is 0 Å². The van der Waals surface area contributed by atoms with E-state index in [-0.39, 0.29) is 0 Å². The molecule has 106 valence electrons. The Kier molecular flexibility index (Phi) is 5.89. The van der Waals surface area contributed by atoms with Gasteiger partial charge in [-0.3, -0.25) is 0 Å². The van der Waals surface area contributed by atoms with Crippen molar-refractivity contribution in [3.05, 3.63) is 0 Å². The van der Waals surface area contributed by atoms with Gasteiger partial charge in [-0.25, -0.2) is 0 Å². The lowest BCUT2D eigenvalue weighted by molar-refractivity contribution is 0.0698. The number of hydrogen-bond donors (Lipinski definition) is 2. The largest absolute Gasteiger partial charge is 0.379 e. The van der Waals surface area contributed by atoms with Crippen molar-refractivity contribution in [1.82, 2.24) is 10.6 Å². The number of morpholine rings is 1. The third-order valence-corrected chi connectivity index (χ3v) is 4.11. The van der Waals surface area contributed by atoms with Crippen molar-refractivity contribution in [2.45, 2.75) is 51.3 Å². The number of hydrogen-bond acceptors (Lipinski definition) is 4. The van der Waals surface area contributed by atoms with Crippen LogP contribution in [0.5, 0.6) is 0 Å². The quantitative estimate of drug-likeness (QED) is 0.748. The van der Waals surface area contributed by atoms with E-state index in [1.807, 2.05) is 0 Å². The molecule has 0 aromatic rings. The summed E-state index contributed by atoms with van der Waals surface area (Å²) in [6, 6.07) is 1.06. The molecule has 0 radical (unpaired) electrons. The van der Waals surface area contributed by atoms with Crippen molar-refractivity contribution in [3.8, 4) is 0 Å². The molecule has 0 saturated carbocycles. The summed E-state index contributed by atoms with van der Waals surface area (Å²) in [6.45, 7) is 9.23. The summed E-state index contributed by atoms with van der Waals surface area (Å²) in [5.74, 6) is 0.702. The molecular formula is C14H28N2O2. The van der Waals surface area contributed by atoms with Gasteiger partial charge in [-0.1, -0.05) is 6.92 Å². The Morgan fingerprint density at radius 2 is 2.28 bits per heavy atom. The predicted molar refractivity (Wildman–Crippen MR) is 72.8 cm³/mol. The van der Waals surface area contributed by atoms with Gasteiger partial charge in [0.15, 0.2) is 0 Å².